The Labute approximate surface area is 317 Å². The molecule has 0 bridgehead atoms. The predicted molar refractivity (Wildman–Crippen MR) is 232 cm³/mol. The van der Waals surface area contributed by atoms with Gasteiger partial charge in [0.2, 0.25) is 0 Å². The Balaban J connectivity index is 1.04. The van der Waals surface area contributed by atoms with Crippen molar-refractivity contribution in [2.75, 3.05) is 4.90 Å². The summed E-state index contributed by atoms with van der Waals surface area (Å²) in [4.78, 5) is 2.36. The van der Waals surface area contributed by atoms with Gasteiger partial charge in [-0.15, -0.1) is 0 Å². The van der Waals surface area contributed by atoms with Crippen LogP contribution in [0.15, 0.2) is 212 Å². The van der Waals surface area contributed by atoms with Crippen LogP contribution in [0.2, 0.25) is 0 Å². The minimum absolute atomic E-state index is 1.10. The molecule has 0 amide bonds. The van der Waals surface area contributed by atoms with Crippen LogP contribution in [0.5, 0.6) is 0 Å². The van der Waals surface area contributed by atoms with Gasteiger partial charge in [0, 0.05) is 17.1 Å². The molecular weight excluding hydrogens is 651 g/mol. The van der Waals surface area contributed by atoms with E-state index in [4.69, 9.17) is 0 Å². The zero-order valence-electron chi connectivity index (χ0n) is 30.2. The van der Waals surface area contributed by atoms with Crippen LogP contribution < -0.4 is 4.90 Å². The van der Waals surface area contributed by atoms with E-state index >= 15 is 0 Å². The molecule has 0 aliphatic carbocycles. The average Bonchev–Trinajstić information content (AvgIpc) is 3.25. The maximum atomic E-state index is 2.36. The quantitative estimate of drug-likeness (QED) is 0.113. The van der Waals surface area contributed by atoms with Crippen molar-refractivity contribution in [2.24, 2.45) is 0 Å². The zero-order chi connectivity index (χ0) is 36.3. The van der Waals surface area contributed by atoms with Gasteiger partial charge in [0.25, 0.3) is 0 Å². The number of hydrogen-bond acceptors (Lipinski definition) is 1. The number of anilines is 3. The van der Waals surface area contributed by atoms with Crippen LogP contribution in [0.1, 0.15) is 18.1 Å². The maximum absolute atomic E-state index is 2.36. The summed E-state index contributed by atoms with van der Waals surface area (Å²) in [6.45, 7) is 2.21. The van der Waals surface area contributed by atoms with E-state index in [-0.39, 0.29) is 0 Å². The number of benzene rings is 9. The average molecular weight is 690 g/mol. The molecule has 9 aromatic rings. The molecule has 0 heterocycles. The van der Waals surface area contributed by atoms with Gasteiger partial charge in [-0.25, -0.2) is 0 Å². The molecule has 0 aromatic heterocycles. The third-order valence-electron chi connectivity index (χ3n) is 10.4. The molecule has 0 unspecified atom stereocenters. The predicted octanol–water partition coefficient (Wildman–Crippen LogP) is 15.0. The van der Waals surface area contributed by atoms with Gasteiger partial charge in [0.15, 0.2) is 0 Å². The van der Waals surface area contributed by atoms with Crippen LogP contribution in [0.3, 0.4) is 0 Å². The third kappa shape index (κ3) is 6.60. The first-order valence-corrected chi connectivity index (χ1v) is 18.6. The Morgan fingerprint density at radius 2 is 0.815 bits per heavy atom. The molecule has 0 saturated carbocycles. The van der Waals surface area contributed by atoms with Crippen LogP contribution in [0.4, 0.5) is 17.1 Å². The van der Waals surface area contributed by atoms with E-state index in [1.54, 1.807) is 0 Å². The summed E-state index contributed by atoms with van der Waals surface area (Å²) in [5.74, 6) is 0. The first-order chi connectivity index (χ1) is 26.7. The number of nitrogens with zero attached hydrogens (tertiary/aromatic N) is 1. The first kappa shape index (κ1) is 32.9. The number of rotatable bonds is 8. The van der Waals surface area contributed by atoms with Crippen LogP contribution in [-0.2, 0) is 0 Å². The summed E-state index contributed by atoms with van der Waals surface area (Å²) in [6.07, 6.45) is 2.33. The van der Waals surface area contributed by atoms with Crippen LogP contribution in [-0.4, -0.2) is 0 Å². The SMILES string of the molecule is C/C(=C/c1cc2ccccc2c2ccccc12)c1ccc(-c2ccc(N(c3cccc(-c4ccccc4)c3)c3cccc(-c4ccccc4)c3)cc2)cc1. The third-order valence-corrected chi connectivity index (χ3v) is 10.4. The van der Waals surface area contributed by atoms with E-state index in [0.717, 1.165) is 17.1 Å². The van der Waals surface area contributed by atoms with Crippen molar-refractivity contribution >= 4 is 50.3 Å². The molecule has 9 rings (SSSR count). The van der Waals surface area contributed by atoms with E-state index in [1.807, 2.05) is 0 Å². The van der Waals surface area contributed by atoms with Crippen molar-refractivity contribution in [2.45, 2.75) is 6.92 Å². The lowest BCUT2D eigenvalue weighted by molar-refractivity contribution is 1.28. The van der Waals surface area contributed by atoms with Crippen molar-refractivity contribution in [1.29, 1.82) is 0 Å². The molecular formula is C53H39N. The molecule has 256 valence electrons. The number of allylic oxidation sites excluding steroid dienone is 1. The summed E-state index contributed by atoms with van der Waals surface area (Å²) in [7, 11) is 0. The topological polar surface area (TPSA) is 3.24 Å². The highest BCUT2D eigenvalue weighted by atomic mass is 15.1. The largest absolute Gasteiger partial charge is 0.310 e. The van der Waals surface area contributed by atoms with Crippen LogP contribution >= 0.6 is 0 Å². The molecule has 9 aromatic carbocycles. The molecule has 54 heavy (non-hydrogen) atoms. The molecule has 0 radical (unpaired) electrons. The molecule has 0 aliphatic heterocycles. The van der Waals surface area contributed by atoms with E-state index in [0.29, 0.717) is 0 Å². The fraction of sp³-hybridized carbons (Fsp3) is 0.0189. The molecule has 0 N–H and O–H groups in total. The zero-order valence-corrected chi connectivity index (χ0v) is 30.2. The summed E-state index contributed by atoms with van der Waals surface area (Å²) >= 11 is 0. The van der Waals surface area contributed by atoms with E-state index in [2.05, 4.69) is 230 Å². The standard InChI is InChI=1S/C53H39N/c1-38(34-47-35-46-18-8-9-23-51(46)53-25-11-10-24-52(47)53)39-26-28-42(29-27-39)43-30-32-48(33-31-43)54(49-21-12-19-44(36-49)40-14-4-2-5-15-40)50-22-13-20-45(37-50)41-16-6-3-7-17-41/h2-37H,1H3/b38-34-. The summed E-state index contributed by atoms with van der Waals surface area (Å²) in [5.41, 5.74) is 14.2. The normalized spacial score (nSPS) is 11.5. The van der Waals surface area contributed by atoms with Crippen molar-refractivity contribution in [3.05, 3.63) is 223 Å². The second-order valence-electron chi connectivity index (χ2n) is 13.9. The van der Waals surface area contributed by atoms with Gasteiger partial charge in [-0.2, -0.15) is 0 Å². The van der Waals surface area contributed by atoms with Crippen LogP contribution in [0.25, 0.3) is 66.6 Å². The monoisotopic (exact) mass is 689 g/mol. The van der Waals surface area contributed by atoms with Gasteiger partial charge in [-0.3, -0.25) is 0 Å². The highest BCUT2D eigenvalue weighted by Gasteiger charge is 2.15. The van der Waals surface area contributed by atoms with E-state index < -0.39 is 0 Å². The lowest BCUT2D eigenvalue weighted by Crippen LogP contribution is -2.10. The van der Waals surface area contributed by atoms with E-state index in [1.165, 1.54) is 71.6 Å². The van der Waals surface area contributed by atoms with Crippen molar-refractivity contribution in [3.63, 3.8) is 0 Å². The second-order valence-corrected chi connectivity index (χ2v) is 13.9. The lowest BCUT2D eigenvalue weighted by Gasteiger charge is -2.27. The van der Waals surface area contributed by atoms with E-state index in [9.17, 15) is 0 Å². The lowest BCUT2D eigenvalue weighted by atomic mass is 9.94. The second kappa shape index (κ2) is 14.6. The fourth-order valence-corrected chi connectivity index (χ4v) is 7.61. The Morgan fingerprint density at radius 3 is 1.41 bits per heavy atom. The molecule has 0 fully saturated rings. The highest BCUT2D eigenvalue weighted by molar-refractivity contribution is 6.11. The summed E-state index contributed by atoms with van der Waals surface area (Å²) in [5, 5.41) is 5.13. The summed E-state index contributed by atoms with van der Waals surface area (Å²) in [6, 6.07) is 76.5. The van der Waals surface area contributed by atoms with Crippen molar-refractivity contribution in [1.82, 2.24) is 0 Å². The molecule has 0 aliphatic rings. The van der Waals surface area contributed by atoms with Crippen LogP contribution in [0, 0.1) is 0 Å². The molecule has 0 saturated heterocycles. The minimum Gasteiger partial charge on any atom is -0.310 e. The number of fused-ring (bicyclic) bond motifs is 3. The minimum atomic E-state index is 1.10. The number of hydrogen-bond donors (Lipinski definition) is 0. The molecule has 0 atom stereocenters. The molecule has 1 nitrogen and oxygen atoms in total. The van der Waals surface area contributed by atoms with Gasteiger partial charge in [-0.05, 0) is 121 Å². The Kier molecular flexibility index (Phi) is 8.89. The molecule has 1 heteroatoms. The van der Waals surface area contributed by atoms with Gasteiger partial charge < -0.3 is 4.90 Å². The summed E-state index contributed by atoms with van der Waals surface area (Å²) < 4.78 is 0. The van der Waals surface area contributed by atoms with Gasteiger partial charge in [-0.1, -0.05) is 176 Å². The van der Waals surface area contributed by atoms with Gasteiger partial charge in [0.1, 0.15) is 0 Å². The molecule has 0 spiro atoms. The Bertz CT molecular complexity index is 2660. The Hall–Kier alpha value is -6.96. The van der Waals surface area contributed by atoms with Gasteiger partial charge >= 0.3 is 0 Å². The highest BCUT2D eigenvalue weighted by Crippen LogP contribution is 2.39. The van der Waals surface area contributed by atoms with Gasteiger partial charge in [0.05, 0.1) is 0 Å². The first-order valence-electron chi connectivity index (χ1n) is 18.6. The maximum Gasteiger partial charge on any atom is 0.0467 e. The smallest absolute Gasteiger partial charge is 0.0467 e. The van der Waals surface area contributed by atoms with Crippen molar-refractivity contribution < 1.29 is 0 Å². The van der Waals surface area contributed by atoms with Crippen molar-refractivity contribution in [3.8, 4) is 33.4 Å². The Morgan fingerprint density at radius 1 is 0.352 bits per heavy atom. The fourth-order valence-electron chi connectivity index (χ4n) is 7.61.